The molecule has 5 nitrogen and oxygen atoms in total. The third-order valence-electron chi connectivity index (χ3n) is 2.90. The van der Waals surface area contributed by atoms with Crippen LogP contribution in [0, 0.1) is 6.92 Å². The summed E-state index contributed by atoms with van der Waals surface area (Å²) in [4.78, 5) is 11.0. The van der Waals surface area contributed by atoms with E-state index in [1.165, 1.54) is 36.5 Å². The number of hydrogen-bond acceptors (Lipinski definition) is 3. The van der Waals surface area contributed by atoms with Crippen LogP contribution in [-0.4, -0.2) is 36.9 Å². The molecule has 1 aromatic rings. The molecule has 0 bridgehead atoms. The highest BCUT2D eigenvalue weighted by molar-refractivity contribution is 7.89. The lowest BCUT2D eigenvalue weighted by molar-refractivity contribution is 0.0696. The van der Waals surface area contributed by atoms with Gasteiger partial charge in [0.1, 0.15) is 0 Å². The third kappa shape index (κ3) is 2.54. The van der Waals surface area contributed by atoms with Crippen LogP contribution >= 0.6 is 0 Å². The molecule has 0 amide bonds. The van der Waals surface area contributed by atoms with Crippen LogP contribution in [0.1, 0.15) is 29.8 Å². The molecular weight excluding hydrogens is 254 g/mol. The molecule has 0 unspecified atom stereocenters. The summed E-state index contributed by atoms with van der Waals surface area (Å²) in [6.07, 6.45) is 0. The van der Waals surface area contributed by atoms with Crippen LogP contribution in [0.15, 0.2) is 23.1 Å². The van der Waals surface area contributed by atoms with Gasteiger partial charge >= 0.3 is 5.97 Å². The molecule has 100 valence electrons. The van der Waals surface area contributed by atoms with Crippen molar-refractivity contribution in [2.75, 3.05) is 7.05 Å². The van der Waals surface area contributed by atoms with Crippen molar-refractivity contribution in [3.63, 3.8) is 0 Å². The summed E-state index contributed by atoms with van der Waals surface area (Å²) in [5.41, 5.74) is 0.269. The molecular formula is C12H17NO4S. The fraction of sp³-hybridized carbons (Fsp3) is 0.417. The maximum Gasteiger partial charge on any atom is 0.335 e. The van der Waals surface area contributed by atoms with Gasteiger partial charge in [-0.2, -0.15) is 4.31 Å². The van der Waals surface area contributed by atoms with Crippen LogP contribution < -0.4 is 0 Å². The number of carboxylic acids is 1. The molecule has 0 atom stereocenters. The van der Waals surface area contributed by atoms with E-state index in [0.29, 0.717) is 0 Å². The molecule has 1 N–H and O–H groups in total. The molecule has 0 spiro atoms. The van der Waals surface area contributed by atoms with Gasteiger partial charge in [-0.05, 0) is 38.5 Å². The summed E-state index contributed by atoms with van der Waals surface area (Å²) in [5.74, 6) is -1.13. The third-order valence-corrected chi connectivity index (χ3v) is 5.08. The summed E-state index contributed by atoms with van der Waals surface area (Å²) >= 11 is 0. The van der Waals surface area contributed by atoms with E-state index in [1.807, 2.05) is 0 Å². The number of carbonyl (C=O) groups is 1. The van der Waals surface area contributed by atoms with Crippen LogP contribution in [0.2, 0.25) is 0 Å². The van der Waals surface area contributed by atoms with E-state index < -0.39 is 16.0 Å². The van der Waals surface area contributed by atoms with Crippen LogP contribution in [-0.2, 0) is 10.0 Å². The van der Waals surface area contributed by atoms with Crippen molar-refractivity contribution >= 4 is 16.0 Å². The molecule has 0 saturated heterocycles. The number of rotatable bonds is 4. The minimum absolute atomic E-state index is 0.00762. The Hall–Kier alpha value is -1.40. The highest BCUT2D eigenvalue weighted by Crippen LogP contribution is 2.23. The average molecular weight is 271 g/mol. The lowest BCUT2D eigenvalue weighted by Gasteiger charge is -2.22. The minimum atomic E-state index is -3.65. The summed E-state index contributed by atoms with van der Waals surface area (Å²) < 4.78 is 25.8. The highest BCUT2D eigenvalue weighted by Gasteiger charge is 2.26. The molecule has 0 aliphatic heterocycles. The first-order chi connectivity index (χ1) is 8.19. The standard InChI is InChI=1S/C12H17NO4S/c1-8(2)13(4)18(16,17)11-7-5-6-10(9(11)3)12(14)15/h5-8H,1-4H3,(H,14,15). The zero-order valence-electron chi connectivity index (χ0n) is 10.8. The number of aromatic carboxylic acids is 1. The Morgan fingerprint density at radius 2 is 1.89 bits per heavy atom. The van der Waals surface area contributed by atoms with Gasteiger partial charge in [-0.1, -0.05) is 6.07 Å². The summed E-state index contributed by atoms with van der Waals surface area (Å²) in [5, 5.41) is 9.00. The van der Waals surface area contributed by atoms with Crippen molar-refractivity contribution in [1.29, 1.82) is 0 Å². The fourth-order valence-electron chi connectivity index (χ4n) is 1.56. The van der Waals surface area contributed by atoms with E-state index in [9.17, 15) is 13.2 Å². The van der Waals surface area contributed by atoms with Crippen LogP contribution in [0.25, 0.3) is 0 Å². The zero-order chi connectivity index (χ0) is 14.1. The van der Waals surface area contributed by atoms with Crippen LogP contribution in [0.4, 0.5) is 0 Å². The first-order valence-electron chi connectivity index (χ1n) is 5.50. The van der Waals surface area contributed by atoms with E-state index in [0.717, 1.165) is 0 Å². The molecule has 0 aliphatic rings. The highest BCUT2D eigenvalue weighted by atomic mass is 32.2. The smallest absolute Gasteiger partial charge is 0.335 e. The Morgan fingerprint density at radius 3 is 2.33 bits per heavy atom. The van der Waals surface area contributed by atoms with Gasteiger partial charge in [-0.3, -0.25) is 0 Å². The Kier molecular flexibility index (Phi) is 4.13. The average Bonchev–Trinajstić information content (AvgIpc) is 2.27. The topological polar surface area (TPSA) is 74.7 Å². The monoisotopic (exact) mass is 271 g/mol. The molecule has 0 heterocycles. The Bertz CT molecular complexity index is 563. The van der Waals surface area contributed by atoms with Gasteiger partial charge in [0.05, 0.1) is 10.5 Å². The Morgan fingerprint density at radius 1 is 1.33 bits per heavy atom. The predicted molar refractivity (Wildman–Crippen MR) is 68.2 cm³/mol. The van der Waals surface area contributed by atoms with Gasteiger partial charge in [-0.15, -0.1) is 0 Å². The van der Waals surface area contributed by atoms with Gasteiger partial charge < -0.3 is 5.11 Å². The molecule has 1 aromatic carbocycles. The number of sulfonamides is 1. The second kappa shape index (κ2) is 5.07. The normalized spacial score (nSPS) is 12.1. The molecule has 18 heavy (non-hydrogen) atoms. The van der Waals surface area contributed by atoms with Gasteiger partial charge in [-0.25, -0.2) is 13.2 Å². The maximum absolute atomic E-state index is 12.3. The molecule has 6 heteroatoms. The largest absolute Gasteiger partial charge is 0.478 e. The molecule has 0 saturated carbocycles. The summed E-state index contributed by atoms with van der Waals surface area (Å²) in [7, 11) is -2.18. The van der Waals surface area contributed by atoms with E-state index >= 15 is 0 Å². The number of hydrogen-bond donors (Lipinski definition) is 1. The molecule has 0 aromatic heterocycles. The maximum atomic E-state index is 12.3. The zero-order valence-corrected chi connectivity index (χ0v) is 11.7. The van der Waals surface area contributed by atoms with Gasteiger partial charge in [0.15, 0.2) is 0 Å². The second-order valence-electron chi connectivity index (χ2n) is 4.35. The Labute approximate surface area is 107 Å². The van der Waals surface area contributed by atoms with E-state index in [1.54, 1.807) is 13.8 Å². The molecule has 0 aliphatic carbocycles. The van der Waals surface area contributed by atoms with E-state index in [4.69, 9.17) is 5.11 Å². The SMILES string of the molecule is Cc1c(C(=O)O)cccc1S(=O)(=O)N(C)C(C)C. The predicted octanol–water partition coefficient (Wildman–Crippen LogP) is 1.72. The minimum Gasteiger partial charge on any atom is -0.478 e. The second-order valence-corrected chi connectivity index (χ2v) is 6.31. The van der Waals surface area contributed by atoms with Crippen LogP contribution in [0.3, 0.4) is 0 Å². The van der Waals surface area contributed by atoms with Crippen molar-refractivity contribution in [2.24, 2.45) is 0 Å². The van der Waals surface area contributed by atoms with E-state index in [2.05, 4.69) is 0 Å². The lowest BCUT2D eigenvalue weighted by atomic mass is 10.1. The number of carboxylic acid groups (broad SMARTS) is 1. The van der Waals surface area contributed by atoms with Gasteiger partial charge in [0.25, 0.3) is 0 Å². The Balaban J connectivity index is 3.44. The van der Waals surface area contributed by atoms with E-state index in [-0.39, 0.29) is 22.1 Å². The molecule has 0 fully saturated rings. The lowest BCUT2D eigenvalue weighted by Crippen LogP contribution is -2.33. The quantitative estimate of drug-likeness (QED) is 0.904. The van der Waals surface area contributed by atoms with Gasteiger partial charge in [0.2, 0.25) is 10.0 Å². The van der Waals surface area contributed by atoms with Crippen molar-refractivity contribution in [3.8, 4) is 0 Å². The van der Waals surface area contributed by atoms with Crippen molar-refractivity contribution in [2.45, 2.75) is 31.7 Å². The molecule has 0 radical (unpaired) electrons. The first kappa shape index (κ1) is 14.7. The van der Waals surface area contributed by atoms with Gasteiger partial charge in [0, 0.05) is 13.1 Å². The summed E-state index contributed by atoms with van der Waals surface area (Å²) in [6.45, 7) is 5.02. The number of benzene rings is 1. The molecule has 1 rings (SSSR count). The van der Waals surface area contributed by atoms with Crippen molar-refractivity contribution < 1.29 is 18.3 Å². The van der Waals surface area contributed by atoms with Crippen molar-refractivity contribution in [1.82, 2.24) is 4.31 Å². The first-order valence-corrected chi connectivity index (χ1v) is 6.94. The fourth-order valence-corrected chi connectivity index (χ4v) is 3.17. The summed E-state index contributed by atoms with van der Waals surface area (Å²) in [6, 6.07) is 4.07. The van der Waals surface area contributed by atoms with Crippen molar-refractivity contribution in [3.05, 3.63) is 29.3 Å². The number of nitrogens with zero attached hydrogens (tertiary/aromatic N) is 1. The van der Waals surface area contributed by atoms with Crippen LogP contribution in [0.5, 0.6) is 0 Å².